The Balaban J connectivity index is 1.68. The van der Waals surface area contributed by atoms with Gasteiger partial charge in [-0.25, -0.2) is 0 Å². The molecule has 1 atom stereocenters. The molecule has 0 saturated heterocycles. The highest BCUT2D eigenvalue weighted by Crippen LogP contribution is 2.36. The number of ether oxygens (including phenoxy) is 1. The number of hydrogen-bond acceptors (Lipinski definition) is 8. The minimum atomic E-state index is -4.55. The van der Waals surface area contributed by atoms with Gasteiger partial charge in [-0.3, -0.25) is 4.79 Å². The van der Waals surface area contributed by atoms with E-state index < -0.39 is 12.0 Å². The molecule has 3 aromatic rings. The molecule has 0 aromatic carbocycles. The summed E-state index contributed by atoms with van der Waals surface area (Å²) in [6.07, 6.45) is -2.46. The van der Waals surface area contributed by atoms with Crippen LogP contribution in [0.3, 0.4) is 0 Å². The first-order valence-electron chi connectivity index (χ1n) is 10.2. The maximum atomic E-state index is 13.2. The van der Waals surface area contributed by atoms with E-state index in [0.717, 1.165) is 32.5 Å². The lowest BCUT2D eigenvalue weighted by atomic mass is 10.2. The zero-order valence-electron chi connectivity index (χ0n) is 17.5. The molecule has 1 N–H and O–H groups in total. The molecule has 4 heterocycles. The molecule has 1 aliphatic rings. The van der Waals surface area contributed by atoms with Gasteiger partial charge >= 0.3 is 12.2 Å². The van der Waals surface area contributed by atoms with Crippen molar-refractivity contribution in [2.75, 3.05) is 18.0 Å². The number of carbonyl (C=O) groups is 1. The van der Waals surface area contributed by atoms with Gasteiger partial charge in [-0.15, -0.1) is 21.5 Å². The molecule has 3 aromatic heterocycles. The number of fused-ring (bicyclic) bond motifs is 2. The fourth-order valence-electron chi connectivity index (χ4n) is 3.58. The monoisotopic (exact) mass is 469 g/mol. The topological polar surface area (TPSA) is 98.1 Å². The van der Waals surface area contributed by atoms with Gasteiger partial charge in [-0.2, -0.15) is 23.1 Å². The van der Waals surface area contributed by atoms with Crippen molar-refractivity contribution in [3.8, 4) is 6.01 Å². The van der Waals surface area contributed by atoms with Gasteiger partial charge < -0.3 is 19.5 Å². The number of anilines is 1. The standard InChI is InChI=1S/C19H22F3N7O2S/c1-3-4-12-7-13-15(24-18(25-16(13)32-12)31-11(2)8-23-10-30)28-5-6-29-14(9-28)26-27-17(29)19(20,21)22/h7,10-11H,3-6,8-9H2,1-2H3,(H,23,30). The average Bonchev–Trinajstić information content (AvgIpc) is 3.35. The smallest absolute Gasteiger partial charge is 0.451 e. The Morgan fingerprint density at radius 1 is 1.31 bits per heavy atom. The van der Waals surface area contributed by atoms with E-state index >= 15 is 0 Å². The zero-order valence-corrected chi connectivity index (χ0v) is 18.3. The van der Waals surface area contributed by atoms with Crippen LogP contribution in [0.5, 0.6) is 6.01 Å². The lowest BCUT2D eigenvalue weighted by Crippen LogP contribution is -2.36. The van der Waals surface area contributed by atoms with Gasteiger partial charge in [-0.1, -0.05) is 13.3 Å². The number of halogens is 3. The second-order valence-corrected chi connectivity index (χ2v) is 8.59. The first kappa shape index (κ1) is 22.2. The lowest BCUT2D eigenvalue weighted by Gasteiger charge is -2.29. The van der Waals surface area contributed by atoms with Gasteiger partial charge in [0.15, 0.2) is 5.82 Å². The lowest BCUT2D eigenvalue weighted by molar-refractivity contribution is -0.147. The molecule has 32 heavy (non-hydrogen) atoms. The van der Waals surface area contributed by atoms with Crippen LogP contribution in [-0.4, -0.2) is 50.3 Å². The largest absolute Gasteiger partial charge is 0.458 e. The van der Waals surface area contributed by atoms with Crippen molar-refractivity contribution in [3.05, 3.63) is 22.6 Å². The van der Waals surface area contributed by atoms with Crippen molar-refractivity contribution >= 4 is 33.8 Å². The molecule has 172 valence electrons. The van der Waals surface area contributed by atoms with E-state index in [0.29, 0.717) is 25.3 Å². The van der Waals surface area contributed by atoms with Crippen molar-refractivity contribution in [2.24, 2.45) is 0 Å². The van der Waals surface area contributed by atoms with E-state index in [-0.39, 0.29) is 31.0 Å². The van der Waals surface area contributed by atoms with Crippen LogP contribution >= 0.6 is 11.3 Å². The van der Waals surface area contributed by atoms with Crippen molar-refractivity contribution in [3.63, 3.8) is 0 Å². The number of nitrogens with one attached hydrogen (secondary N) is 1. The molecule has 1 aliphatic heterocycles. The van der Waals surface area contributed by atoms with Crippen LogP contribution in [0, 0.1) is 0 Å². The normalized spacial score (nSPS) is 15.0. The summed E-state index contributed by atoms with van der Waals surface area (Å²) in [7, 11) is 0. The van der Waals surface area contributed by atoms with Crippen LogP contribution in [0.15, 0.2) is 6.07 Å². The fourth-order valence-corrected chi connectivity index (χ4v) is 4.70. The molecule has 0 fully saturated rings. The molecule has 1 unspecified atom stereocenters. The Morgan fingerprint density at radius 2 is 2.12 bits per heavy atom. The number of alkyl halides is 3. The molecule has 0 bridgehead atoms. The number of carbonyl (C=O) groups excluding carboxylic acids is 1. The summed E-state index contributed by atoms with van der Waals surface area (Å²) >= 11 is 1.54. The minimum absolute atomic E-state index is 0.0878. The van der Waals surface area contributed by atoms with E-state index in [1.165, 1.54) is 0 Å². The first-order chi connectivity index (χ1) is 15.3. The Labute approximate surface area is 185 Å². The molecule has 0 aliphatic carbocycles. The molecular weight excluding hydrogens is 447 g/mol. The predicted molar refractivity (Wildman–Crippen MR) is 112 cm³/mol. The third-order valence-corrected chi connectivity index (χ3v) is 6.09. The SMILES string of the molecule is CCCc1cc2c(N3CCn4c(nnc4C(F)(F)F)C3)nc(OC(C)CNC=O)nc2s1. The number of amides is 1. The van der Waals surface area contributed by atoms with Crippen molar-refractivity contribution in [1.82, 2.24) is 30.0 Å². The minimum Gasteiger partial charge on any atom is -0.458 e. The molecule has 9 nitrogen and oxygen atoms in total. The third-order valence-electron chi connectivity index (χ3n) is 5.00. The van der Waals surface area contributed by atoms with Crippen LogP contribution in [-0.2, 0) is 30.5 Å². The molecular formula is C19H22F3N7O2S. The molecule has 0 saturated carbocycles. The molecule has 1 amide bonds. The Morgan fingerprint density at radius 3 is 2.84 bits per heavy atom. The summed E-state index contributed by atoms with van der Waals surface area (Å²) in [4.78, 5) is 23.4. The van der Waals surface area contributed by atoms with Gasteiger partial charge in [-0.05, 0) is 19.4 Å². The van der Waals surface area contributed by atoms with Gasteiger partial charge in [0, 0.05) is 18.0 Å². The van der Waals surface area contributed by atoms with Crippen LogP contribution in [0.1, 0.15) is 36.8 Å². The van der Waals surface area contributed by atoms with Crippen molar-refractivity contribution in [1.29, 1.82) is 0 Å². The summed E-state index contributed by atoms with van der Waals surface area (Å²) in [5.41, 5.74) is 0. The van der Waals surface area contributed by atoms with E-state index in [2.05, 4.69) is 32.4 Å². The predicted octanol–water partition coefficient (Wildman–Crippen LogP) is 2.79. The highest BCUT2D eigenvalue weighted by Gasteiger charge is 2.39. The van der Waals surface area contributed by atoms with Crippen molar-refractivity contribution in [2.45, 2.75) is 52.1 Å². The first-order valence-corrected chi connectivity index (χ1v) is 11.0. The van der Waals surface area contributed by atoms with Gasteiger partial charge in [0.2, 0.25) is 12.2 Å². The molecule has 4 rings (SSSR count). The van der Waals surface area contributed by atoms with Crippen LogP contribution in [0.2, 0.25) is 0 Å². The molecule has 0 radical (unpaired) electrons. The van der Waals surface area contributed by atoms with Crippen LogP contribution < -0.4 is 15.0 Å². The van der Waals surface area contributed by atoms with E-state index in [1.807, 2.05) is 11.0 Å². The summed E-state index contributed by atoms with van der Waals surface area (Å²) in [5, 5.41) is 10.5. The average molecular weight is 469 g/mol. The van der Waals surface area contributed by atoms with Crippen LogP contribution in [0.25, 0.3) is 10.2 Å². The van der Waals surface area contributed by atoms with E-state index in [9.17, 15) is 18.0 Å². The van der Waals surface area contributed by atoms with Gasteiger partial charge in [0.05, 0.1) is 18.5 Å². The maximum Gasteiger partial charge on any atom is 0.451 e. The third kappa shape index (κ3) is 4.47. The maximum absolute atomic E-state index is 13.2. The Bertz CT molecular complexity index is 1110. The summed E-state index contributed by atoms with van der Waals surface area (Å²) in [6.45, 7) is 4.69. The number of aromatic nitrogens is 5. The zero-order chi connectivity index (χ0) is 22.9. The summed E-state index contributed by atoms with van der Waals surface area (Å²) < 4.78 is 46.4. The summed E-state index contributed by atoms with van der Waals surface area (Å²) in [5.74, 6) is -0.173. The highest BCUT2D eigenvalue weighted by atomic mass is 32.1. The number of thiophene rings is 1. The van der Waals surface area contributed by atoms with E-state index in [4.69, 9.17) is 4.74 Å². The highest BCUT2D eigenvalue weighted by molar-refractivity contribution is 7.18. The van der Waals surface area contributed by atoms with Crippen molar-refractivity contribution < 1.29 is 22.7 Å². The van der Waals surface area contributed by atoms with Crippen LogP contribution in [0.4, 0.5) is 19.0 Å². The number of nitrogens with zero attached hydrogens (tertiary/aromatic N) is 6. The molecule has 0 spiro atoms. The quantitative estimate of drug-likeness (QED) is 0.507. The Kier molecular flexibility index (Phi) is 6.17. The number of aryl methyl sites for hydroxylation is 1. The van der Waals surface area contributed by atoms with Gasteiger partial charge in [0.1, 0.15) is 16.8 Å². The fraction of sp³-hybridized carbons (Fsp3) is 0.526. The second-order valence-electron chi connectivity index (χ2n) is 7.48. The Hall–Kier alpha value is -2.96. The second kappa shape index (κ2) is 8.88. The van der Waals surface area contributed by atoms with Gasteiger partial charge in [0.25, 0.3) is 0 Å². The summed E-state index contributed by atoms with van der Waals surface area (Å²) in [6, 6.07) is 2.18. The number of hydrogen-bond donors (Lipinski definition) is 1. The van der Waals surface area contributed by atoms with E-state index in [1.54, 1.807) is 18.3 Å². The number of rotatable bonds is 8. The molecule has 13 heteroatoms.